The summed E-state index contributed by atoms with van der Waals surface area (Å²) < 4.78 is 22.9. The Bertz CT molecular complexity index is 1910. The number of carbonyl (C=O) groups is 3. The van der Waals surface area contributed by atoms with Crippen molar-refractivity contribution < 1.29 is 42.9 Å². The van der Waals surface area contributed by atoms with Crippen molar-refractivity contribution in [3.05, 3.63) is 85.1 Å². The van der Waals surface area contributed by atoms with Crippen LogP contribution in [-0.4, -0.2) is 82.3 Å². The number of quaternary nitrogens is 1. The lowest BCUT2D eigenvalue weighted by molar-refractivity contribution is -0.870. The molecular formula is C90H163NO8. The van der Waals surface area contributed by atoms with Crippen LogP contribution in [0.4, 0.5) is 0 Å². The third-order valence-electron chi connectivity index (χ3n) is 19.1. The van der Waals surface area contributed by atoms with Gasteiger partial charge in [-0.1, -0.05) is 394 Å². The van der Waals surface area contributed by atoms with Crippen LogP contribution in [0.3, 0.4) is 0 Å². The molecule has 9 nitrogen and oxygen atoms in total. The monoisotopic (exact) mass is 1390 g/mol. The summed E-state index contributed by atoms with van der Waals surface area (Å²) in [6, 6.07) is 0. The number of esters is 2. The van der Waals surface area contributed by atoms with Gasteiger partial charge >= 0.3 is 11.9 Å². The Balaban J connectivity index is 3.94. The summed E-state index contributed by atoms with van der Waals surface area (Å²) in [5, 5.41) is 11.9. The fourth-order valence-corrected chi connectivity index (χ4v) is 12.7. The minimum absolute atomic E-state index is 0.149. The quantitative estimate of drug-likeness (QED) is 0.0195. The molecule has 576 valence electrons. The zero-order chi connectivity index (χ0) is 71.8. The molecule has 0 fully saturated rings. The Hall–Kier alpha value is -3.53. The van der Waals surface area contributed by atoms with Gasteiger partial charge in [0, 0.05) is 12.8 Å². The third kappa shape index (κ3) is 81.6. The lowest BCUT2D eigenvalue weighted by Gasteiger charge is -2.26. The van der Waals surface area contributed by atoms with E-state index in [9.17, 15) is 19.5 Å². The molecule has 0 aromatic heterocycles. The van der Waals surface area contributed by atoms with E-state index in [2.05, 4.69) is 98.9 Å². The molecule has 0 saturated heterocycles. The van der Waals surface area contributed by atoms with Crippen LogP contribution in [0.1, 0.15) is 412 Å². The number of allylic oxidation sites excluding steroid dienone is 14. The van der Waals surface area contributed by atoms with Crippen LogP contribution in [0.5, 0.6) is 0 Å². The van der Waals surface area contributed by atoms with Gasteiger partial charge in [-0.25, -0.2) is 0 Å². The normalized spacial score (nSPS) is 13.0. The smallest absolute Gasteiger partial charge is 0.306 e. The number of hydrogen-bond donors (Lipinski definition) is 0. The van der Waals surface area contributed by atoms with Crippen LogP contribution in [-0.2, 0) is 33.3 Å². The Kier molecular flexibility index (Phi) is 77.3. The van der Waals surface area contributed by atoms with Crippen molar-refractivity contribution in [2.45, 2.75) is 424 Å². The second kappa shape index (κ2) is 80.2. The zero-order valence-electron chi connectivity index (χ0n) is 66.1. The number of ether oxygens (including phenoxy) is 4. The van der Waals surface area contributed by atoms with E-state index in [1.165, 1.54) is 308 Å². The fourth-order valence-electron chi connectivity index (χ4n) is 12.7. The largest absolute Gasteiger partial charge is 0.545 e. The first-order valence-electron chi connectivity index (χ1n) is 42.7. The summed E-state index contributed by atoms with van der Waals surface area (Å²) in [6.07, 6.45) is 107. The summed E-state index contributed by atoms with van der Waals surface area (Å²) in [6.45, 7) is 4.69. The van der Waals surface area contributed by atoms with Gasteiger partial charge in [0.25, 0.3) is 0 Å². The lowest BCUT2D eigenvalue weighted by Crippen LogP contribution is -2.44. The van der Waals surface area contributed by atoms with Crippen LogP contribution in [0.2, 0.25) is 0 Å². The van der Waals surface area contributed by atoms with Gasteiger partial charge in [0.05, 0.1) is 40.3 Å². The number of nitrogens with zero attached hydrogens (tertiary/aromatic N) is 1. The number of aliphatic carboxylic acids is 1. The Morgan fingerprint density at radius 2 is 0.576 bits per heavy atom. The van der Waals surface area contributed by atoms with Crippen molar-refractivity contribution in [3.8, 4) is 0 Å². The van der Waals surface area contributed by atoms with E-state index in [1.807, 2.05) is 21.1 Å². The van der Waals surface area contributed by atoms with Crippen molar-refractivity contribution in [2.24, 2.45) is 0 Å². The number of likely N-dealkylation sites (N-methyl/N-ethyl adjacent to an activating group) is 1. The summed E-state index contributed by atoms with van der Waals surface area (Å²) in [5.41, 5.74) is 0. The molecule has 99 heavy (non-hydrogen) atoms. The molecule has 2 unspecified atom stereocenters. The van der Waals surface area contributed by atoms with Gasteiger partial charge in [-0.2, -0.15) is 0 Å². The topological polar surface area (TPSA) is 111 Å². The number of carbonyl (C=O) groups excluding carboxylic acids is 3. The summed E-state index contributed by atoms with van der Waals surface area (Å²) >= 11 is 0. The van der Waals surface area contributed by atoms with E-state index in [0.717, 1.165) is 77.0 Å². The van der Waals surface area contributed by atoms with Gasteiger partial charge in [-0.15, -0.1) is 0 Å². The van der Waals surface area contributed by atoms with Gasteiger partial charge in [0.1, 0.15) is 13.2 Å². The standard InChI is InChI=1S/C90H163NO8/c1-6-8-10-12-14-16-18-20-22-24-26-28-30-32-34-36-38-40-42-44-46-48-50-52-54-56-58-60-62-64-66-68-70-72-74-76-78-80-87(92)97-84-86(85-98-90(89(94)95)96-83-82-91(3,4)5)99-88(93)81-79-77-75-73-71-69-67-65-63-61-59-57-55-53-51-49-47-45-43-41-39-37-35-33-31-29-27-25-23-21-19-17-15-13-11-9-7-2/h9,11,15,17-18,20-21,23-24,26-27,29-30,32,86,90H,6-8,10,12-14,16,19,22,25,28,31,33-85H2,1-5H3/b11-9-,17-15-,20-18-,23-21-,26-24-,29-27-,32-30-. The van der Waals surface area contributed by atoms with Crippen LogP contribution < -0.4 is 5.11 Å². The van der Waals surface area contributed by atoms with Crippen molar-refractivity contribution in [1.82, 2.24) is 0 Å². The predicted octanol–water partition coefficient (Wildman–Crippen LogP) is 26.4. The van der Waals surface area contributed by atoms with Gasteiger partial charge in [0.2, 0.25) is 0 Å². The number of carboxylic acid groups (broad SMARTS) is 1. The molecule has 0 radical (unpaired) electrons. The molecule has 0 aromatic carbocycles. The van der Waals surface area contributed by atoms with Gasteiger partial charge in [0.15, 0.2) is 12.4 Å². The van der Waals surface area contributed by atoms with Crippen molar-refractivity contribution in [3.63, 3.8) is 0 Å². The summed E-state index contributed by atoms with van der Waals surface area (Å²) in [4.78, 5) is 37.7. The van der Waals surface area contributed by atoms with Gasteiger partial charge in [-0.05, 0) is 89.9 Å². The predicted molar refractivity (Wildman–Crippen MR) is 426 cm³/mol. The minimum Gasteiger partial charge on any atom is -0.545 e. The molecule has 0 aromatic rings. The lowest BCUT2D eigenvalue weighted by atomic mass is 10.0. The maximum atomic E-state index is 13.0. The minimum atomic E-state index is -1.62. The number of hydrogen-bond acceptors (Lipinski definition) is 8. The molecule has 0 bridgehead atoms. The molecule has 0 spiro atoms. The highest BCUT2D eigenvalue weighted by Gasteiger charge is 2.22. The van der Waals surface area contributed by atoms with E-state index >= 15 is 0 Å². The first-order valence-corrected chi connectivity index (χ1v) is 42.7. The Morgan fingerprint density at radius 3 is 0.859 bits per heavy atom. The second-order valence-corrected chi connectivity index (χ2v) is 30.1. The molecular weight excluding hydrogens is 1220 g/mol. The Morgan fingerprint density at radius 1 is 0.313 bits per heavy atom. The van der Waals surface area contributed by atoms with E-state index in [-0.39, 0.29) is 32.2 Å². The fraction of sp³-hybridized carbons (Fsp3) is 0.811. The Labute approximate surface area is 614 Å². The van der Waals surface area contributed by atoms with Crippen LogP contribution in [0, 0.1) is 0 Å². The van der Waals surface area contributed by atoms with E-state index < -0.39 is 24.3 Å². The van der Waals surface area contributed by atoms with Gasteiger partial charge < -0.3 is 33.3 Å². The van der Waals surface area contributed by atoms with E-state index in [0.29, 0.717) is 17.4 Å². The average molecular weight is 1390 g/mol. The summed E-state index contributed by atoms with van der Waals surface area (Å²) in [5.74, 6) is -2.25. The molecule has 0 rings (SSSR count). The zero-order valence-corrected chi connectivity index (χ0v) is 66.1. The maximum Gasteiger partial charge on any atom is 0.306 e. The molecule has 0 aliphatic heterocycles. The van der Waals surface area contributed by atoms with Gasteiger partial charge in [-0.3, -0.25) is 9.59 Å². The maximum absolute atomic E-state index is 13.0. The highest BCUT2D eigenvalue weighted by atomic mass is 16.7. The van der Waals surface area contributed by atoms with E-state index in [1.54, 1.807) is 0 Å². The molecule has 0 aliphatic rings. The van der Waals surface area contributed by atoms with E-state index in [4.69, 9.17) is 18.9 Å². The molecule has 9 heteroatoms. The molecule has 0 aliphatic carbocycles. The number of carboxylic acids is 1. The van der Waals surface area contributed by atoms with Crippen molar-refractivity contribution in [2.75, 3.05) is 47.5 Å². The summed E-state index contributed by atoms with van der Waals surface area (Å²) in [7, 11) is 5.95. The molecule has 0 amide bonds. The molecule has 0 saturated carbocycles. The van der Waals surface area contributed by atoms with Crippen molar-refractivity contribution in [1.29, 1.82) is 0 Å². The second-order valence-electron chi connectivity index (χ2n) is 30.1. The number of rotatable bonds is 80. The first-order chi connectivity index (χ1) is 48.6. The first kappa shape index (κ1) is 95.5. The van der Waals surface area contributed by atoms with Crippen LogP contribution in [0.15, 0.2) is 85.1 Å². The van der Waals surface area contributed by atoms with Crippen LogP contribution in [0.25, 0.3) is 0 Å². The highest BCUT2D eigenvalue weighted by molar-refractivity contribution is 5.70. The van der Waals surface area contributed by atoms with Crippen LogP contribution >= 0.6 is 0 Å². The SMILES string of the molecule is CC/C=C\C/C=C\C/C=C\C/C=C\CCCCCCCCCCCCCCCCCCCCCCCCCCC(=O)OC(COC(=O)CCCCCCCCCCCCCCCCCCCCCCCC/C=C\C/C=C\C/C=C\CCCCCCC)COC(OCC[N+](C)(C)C)C(=O)[O-]. The average Bonchev–Trinajstić information content (AvgIpc) is 2.19. The molecule has 2 atom stereocenters. The molecule has 0 N–H and O–H groups in total. The third-order valence-corrected chi connectivity index (χ3v) is 19.1. The number of unbranched alkanes of at least 4 members (excludes halogenated alkanes) is 51. The highest BCUT2D eigenvalue weighted by Crippen LogP contribution is 2.20. The molecule has 0 heterocycles. The van der Waals surface area contributed by atoms with Crippen molar-refractivity contribution >= 4 is 17.9 Å².